The van der Waals surface area contributed by atoms with E-state index in [1.54, 1.807) is 18.2 Å². The molecule has 0 unspecified atom stereocenters. The van der Waals surface area contributed by atoms with Gasteiger partial charge in [0.15, 0.2) is 18.1 Å². The van der Waals surface area contributed by atoms with Gasteiger partial charge in [0, 0.05) is 15.6 Å². The van der Waals surface area contributed by atoms with Gasteiger partial charge in [0.2, 0.25) is 5.91 Å². The molecule has 3 aromatic rings. The molecular weight excluding hydrogens is 601 g/mol. The summed E-state index contributed by atoms with van der Waals surface area (Å²) < 4.78 is 11.9. The Morgan fingerprint density at radius 2 is 1.80 bits per heavy atom. The molecule has 3 aromatic carbocycles. The Morgan fingerprint density at radius 1 is 1.09 bits per heavy atom. The fourth-order valence-corrected chi connectivity index (χ4v) is 4.41. The van der Waals surface area contributed by atoms with Gasteiger partial charge in [-0.2, -0.15) is 5.10 Å². The van der Waals surface area contributed by atoms with Crippen LogP contribution in [0.1, 0.15) is 11.1 Å². The minimum atomic E-state index is -0.281. The molecule has 0 aliphatic rings. The number of hydrogen-bond acceptors (Lipinski definition) is 6. The van der Waals surface area contributed by atoms with Crippen LogP contribution in [0, 0.1) is 10.5 Å². The highest BCUT2D eigenvalue weighted by Gasteiger charge is 2.13. The summed E-state index contributed by atoms with van der Waals surface area (Å²) in [5, 5.41) is 7.46. The molecule has 10 heteroatoms. The van der Waals surface area contributed by atoms with Crippen LogP contribution in [-0.4, -0.2) is 37.5 Å². The van der Waals surface area contributed by atoms with Crippen molar-refractivity contribution in [3.05, 3.63) is 80.4 Å². The smallest absolute Gasteiger partial charge is 0.262 e. The number of carbonyl (C=O) groups is 2. The molecule has 0 heterocycles. The summed E-state index contributed by atoms with van der Waals surface area (Å²) in [6.07, 6.45) is 1.52. The minimum Gasteiger partial charge on any atom is -0.493 e. The van der Waals surface area contributed by atoms with Gasteiger partial charge in [0.25, 0.3) is 5.91 Å². The summed E-state index contributed by atoms with van der Waals surface area (Å²) in [6, 6.07) is 18.3. The van der Waals surface area contributed by atoms with Crippen molar-refractivity contribution in [3.8, 4) is 11.5 Å². The van der Waals surface area contributed by atoms with Crippen LogP contribution in [0.2, 0.25) is 5.02 Å². The van der Waals surface area contributed by atoms with E-state index in [1.165, 1.54) is 25.1 Å². The topological polar surface area (TPSA) is 89.0 Å². The molecule has 0 radical (unpaired) electrons. The van der Waals surface area contributed by atoms with E-state index in [0.717, 1.165) is 14.0 Å². The molecule has 0 fully saturated rings. The third-order valence-corrected chi connectivity index (χ3v) is 6.59. The molecule has 0 saturated carbocycles. The van der Waals surface area contributed by atoms with Crippen molar-refractivity contribution < 1.29 is 19.1 Å². The van der Waals surface area contributed by atoms with E-state index >= 15 is 0 Å². The van der Waals surface area contributed by atoms with Gasteiger partial charge >= 0.3 is 0 Å². The lowest BCUT2D eigenvalue weighted by molar-refractivity contribution is -0.119. The van der Waals surface area contributed by atoms with Gasteiger partial charge in [0.05, 0.1) is 22.6 Å². The monoisotopic (exact) mass is 623 g/mol. The number of nitrogens with one attached hydrogen (secondary N) is 2. The molecule has 35 heavy (non-hydrogen) atoms. The number of rotatable bonds is 10. The first-order valence-electron chi connectivity index (χ1n) is 10.4. The average Bonchev–Trinajstić information content (AvgIpc) is 2.84. The van der Waals surface area contributed by atoms with Crippen molar-refractivity contribution in [3.63, 3.8) is 0 Å². The van der Waals surface area contributed by atoms with Crippen molar-refractivity contribution in [2.24, 2.45) is 5.10 Å². The minimum absolute atomic E-state index is 0.172. The van der Waals surface area contributed by atoms with Gasteiger partial charge in [-0.15, -0.1) is 11.8 Å². The van der Waals surface area contributed by atoms with E-state index in [0.29, 0.717) is 27.8 Å². The number of thioether (sulfide) groups is 1. The number of ether oxygens (including phenoxy) is 2. The first kappa shape index (κ1) is 26.8. The van der Waals surface area contributed by atoms with Crippen molar-refractivity contribution in [2.45, 2.75) is 11.8 Å². The molecule has 2 N–H and O–H groups in total. The maximum atomic E-state index is 12.3. The van der Waals surface area contributed by atoms with Crippen molar-refractivity contribution in [1.29, 1.82) is 0 Å². The highest BCUT2D eigenvalue weighted by Crippen LogP contribution is 2.33. The SMILES string of the molecule is COc1cc(/C=N\NC(=O)CSc2ccc(Cl)cc2)cc(I)c1OCC(=O)Nc1ccc(C)cc1. The Bertz CT molecular complexity index is 1200. The zero-order valence-corrected chi connectivity index (χ0v) is 22.7. The standard InChI is InChI=1S/C25H23ClIN3O4S/c1-16-3-7-19(8-4-16)29-23(31)14-34-25-21(27)11-17(12-22(25)33-2)13-28-30-24(32)15-35-20-9-5-18(26)6-10-20/h3-13H,14-15H2,1-2H3,(H,29,31)(H,30,32)/b28-13-. The second-order valence-electron chi connectivity index (χ2n) is 7.27. The molecule has 0 aliphatic heterocycles. The van der Waals surface area contributed by atoms with Crippen LogP contribution in [-0.2, 0) is 9.59 Å². The number of anilines is 1. The lowest BCUT2D eigenvalue weighted by Crippen LogP contribution is -2.20. The summed E-state index contributed by atoms with van der Waals surface area (Å²) in [5.41, 5.74) is 5.02. The third-order valence-electron chi connectivity index (χ3n) is 4.52. The zero-order valence-electron chi connectivity index (χ0n) is 19.0. The van der Waals surface area contributed by atoms with Crippen LogP contribution in [0.25, 0.3) is 0 Å². The van der Waals surface area contributed by atoms with Crippen LogP contribution in [0.15, 0.2) is 70.7 Å². The van der Waals surface area contributed by atoms with Gasteiger partial charge in [-0.3, -0.25) is 9.59 Å². The maximum Gasteiger partial charge on any atom is 0.262 e. The lowest BCUT2D eigenvalue weighted by Gasteiger charge is -2.13. The number of carbonyl (C=O) groups excluding carboxylic acids is 2. The number of benzene rings is 3. The number of amides is 2. The molecule has 0 aliphatic carbocycles. The van der Waals surface area contributed by atoms with Crippen LogP contribution in [0.5, 0.6) is 11.5 Å². The van der Waals surface area contributed by atoms with Gasteiger partial charge in [-0.1, -0.05) is 29.3 Å². The van der Waals surface area contributed by atoms with Crippen molar-refractivity contribution >= 4 is 69.7 Å². The van der Waals surface area contributed by atoms with Crippen molar-refractivity contribution in [2.75, 3.05) is 24.8 Å². The Hall–Kier alpha value is -2.76. The van der Waals surface area contributed by atoms with Crippen LogP contribution in [0.4, 0.5) is 5.69 Å². The highest BCUT2D eigenvalue weighted by molar-refractivity contribution is 14.1. The van der Waals surface area contributed by atoms with Gasteiger partial charge in [-0.05, 0) is 83.6 Å². The summed E-state index contributed by atoms with van der Waals surface area (Å²) >= 11 is 9.35. The molecule has 0 atom stereocenters. The number of hydrogen-bond donors (Lipinski definition) is 2. The van der Waals surface area contributed by atoms with E-state index in [1.807, 2.05) is 49.4 Å². The van der Waals surface area contributed by atoms with Gasteiger partial charge in [-0.25, -0.2) is 5.43 Å². The number of aryl methyl sites for hydroxylation is 1. The predicted octanol–water partition coefficient (Wildman–Crippen LogP) is 5.52. The molecule has 0 saturated heterocycles. The Morgan fingerprint density at radius 3 is 2.49 bits per heavy atom. The Kier molecular flexibility index (Phi) is 10.2. The number of halogens is 2. The molecule has 3 rings (SSSR count). The molecule has 0 aromatic heterocycles. The largest absolute Gasteiger partial charge is 0.493 e. The van der Waals surface area contributed by atoms with Crippen LogP contribution in [0.3, 0.4) is 0 Å². The number of hydrazone groups is 1. The Balaban J connectivity index is 1.53. The van der Waals surface area contributed by atoms with E-state index in [-0.39, 0.29) is 24.2 Å². The van der Waals surface area contributed by atoms with E-state index in [4.69, 9.17) is 21.1 Å². The van der Waals surface area contributed by atoms with Gasteiger partial charge < -0.3 is 14.8 Å². The quantitative estimate of drug-likeness (QED) is 0.134. The highest BCUT2D eigenvalue weighted by atomic mass is 127. The second kappa shape index (κ2) is 13.4. The third kappa shape index (κ3) is 8.75. The summed E-state index contributed by atoms with van der Waals surface area (Å²) in [4.78, 5) is 25.3. The van der Waals surface area contributed by atoms with Crippen molar-refractivity contribution in [1.82, 2.24) is 5.43 Å². The van der Waals surface area contributed by atoms with E-state index in [2.05, 4.69) is 38.4 Å². The number of methoxy groups -OCH3 is 1. The first-order valence-corrected chi connectivity index (χ1v) is 12.9. The van der Waals surface area contributed by atoms with Crippen LogP contribution < -0.4 is 20.2 Å². The van der Waals surface area contributed by atoms with Gasteiger partial charge in [0.1, 0.15) is 0 Å². The van der Waals surface area contributed by atoms with E-state index in [9.17, 15) is 9.59 Å². The molecule has 2 amide bonds. The first-order chi connectivity index (χ1) is 16.8. The zero-order chi connectivity index (χ0) is 25.2. The summed E-state index contributed by atoms with van der Waals surface area (Å²) in [6.45, 7) is 1.81. The second-order valence-corrected chi connectivity index (χ2v) is 9.92. The molecule has 0 bridgehead atoms. The fourth-order valence-electron chi connectivity index (χ4n) is 2.82. The fraction of sp³-hybridized carbons (Fsp3) is 0.160. The summed E-state index contributed by atoms with van der Waals surface area (Å²) in [5.74, 6) is 0.606. The molecule has 182 valence electrons. The van der Waals surface area contributed by atoms with E-state index < -0.39 is 0 Å². The predicted molar refractivity (Wildman–Crippen MR) is 149 cm³/mol. The Labute approximate surface area is 226 Å². The molecule has 7 nitrogen and oxygen atoms in total. The summed E-state index contributed by atoms with van der Waals surface area (Å²) in [7, 11) is 1.52. The lowest BCUT2D eigenvalue weighted by atomic mass is 10.2. The maximum absolute atomic E-state index is 12.3. The normalized spacial score (nSPS) is 10.7. The van der Waals surface area contributed by atoms with Crippen LogP contribution >= 0.6 is 46.0 Å². The average molecular weight is 624 g/mol. The number of nitrogens with zero attached hydrogens (tertiary/aromatic N) is 1. The molecule has 0 spiro atoms. The molecular formula is C25H23ClIN3O4S.